The van der Waals surface area contributed by atoms with Crippen LogP contribution in [0.15, 0.2) is 77.9 Å². The highest BCUT2D eigenvalue weighted by Crippen LogP contribution is 2.35. The topological polar surface area (TPSA) is 96.9 Å². The number of nitrogens with zero attached hydrogens (tertiary/aromatic N) is 1. The van der Waals surface area contributed by atoms with Crippen molar-refractivity contribution < 1.29 is 19.1 Å². The number of carbonyl (C=O) groups excluding carboxylic acids is 3. The van der Waals surface area contributed by atoms with Crippen molar-refractivity contribution in [1.29, 1.82) is 0 Å². The third-order valence-corrected chi connectivity index (χ3v) is 7.34. The van der Waals surface area contributed by atoms with E-state index in [0.29, 0.717) is 26.8 Å². The molecule has 1 heterocycles. The largest absolute Gasteiger partial charge is 0.422 e. The molecule has 0 saturated carbocycles. The molecule has 3 aromatic carbocycles. The van der Waals surface area contributed by atoms with Gasteiger partial charge in [-0.05, 0) is 70.6 Å². The van der Waals surface area contributed by atoms with E-state index in [1.54, 1.807) is 36.4 Å². The van der Waals surface area contributed by atoms with E-state index in [1.807, 2.05) is 36.4 Å². The number of hydrogen-bond donors (Lipinski definition) is 2. The van der Waals surface area contributed by atoms with Crippen molar-refractivity contribution in [3.8, 4) is 5.75 Å². The van der Waals surface area contributed by atoms with Crippen molar-refractivity contribution in [3.63, 3.8) is 0 Å². The van der Waals surface area contributed by atoms with E-state index in [4.69, 9.17) is 16.3 Å². The van der Waals surface area contributed by atoms with E-state index in [1.165, 1.54) is 17.6 Å². The Kier molecular flexibility index (Phi) is 8.11. The van der Waals surface area contributed by atoms with Crippen LogP contribution in [0.5, 0.6) is 5.75 Å². The molecule has 0 bridgehead atoms. The van der Waals surface area contributed by atoms with Crippen molar-refractivity contribution in [3.05, 3.63) is 97.4 Å². The minimum Gasteiger partial charge on any atom is -0.422 e. The first-order chi connectivity index (χ1) is 16.9. The number of nitrogens with one attached hydrogen (secondary N) is 2. The number of halogens is 2. The first-order valence-corrected chi connectivity index (χ1v) is 12.5. The summed E-state index contributed by atoms with van der Waals surface area (Å²) in [6.07, 6.45) is 1.44. The lowest BCUT2D eigenvalue weighted by Gasteiger charge is -2.06. The Balaban J connectivity index is 1.27. The van der Waals surface area contributed by atoms with Gasteiger partial charge in [-0.2, -0.15) is 5.10 Å². The summed E-state index contributed by atoms with van der Waals surface area (Å²) in [5.74, 6) is -0.984. The maximum absolute atomic E-state index is 12.6. The van der Waals surface area contributed by atoms with E-state index >= 15 is 0 Å². The van der Waals surface area contributed by atoms with Gasteiger partial charge in [-0.1, -0.05) is 41.9 Å². The molecule has 0 fully saturated rings. The molecule has 176 valence electrons. The number of fused-ring (bicyclic) bond motifs is 1. The van der Waals surface area contributed by atoms with Gasteiger partial charge in [0.25, 0.3) is 11.8 Å². The van der Waals surface area contributed by atoms with Crippen LogP contribution in [-0.4, -0.2) is 30.5 Å². The standard InChI is InChI=1S/C25H17ClIN3O4S/c26-22-18-6-2-4-8-20(18)35-23(22)25(33)34-16-11-9-15(10-12-16)13-29-30-21(31)14-28-24(32)17-5-1-3-7-19(17)27/h1-13H,14H2,(H,28,32)(H,30,31)/b29-13+. The van der Waals surface area contributed by atoms with Crippen LogP contribution in [0.4, 0.5) is 0 Å². The van der Waals surface area contributed by atoms with Crippen molar-refractivity contribution >= 4 is 79.6 Å². The fourth-order valence-corrected chi connectivity index (χ4v) is 5.06. The van der Waals surface area contributed by atoms with Crippen molar-refractivity contribution in [2.24, 2.45) is 5.10 Å². The lowest BCUT2D eigenvalue weighted by molar-refractivity contribution is -0.120. The minimum atomic E-state index is -0.530. The maximum atomic E-state index is 12.6. The zero-order valence-corrected chi connectivity index (χ0v) is 21.7. The van der Waals surface area contributed by atoms with Gasteiger partial charge in [0.1, 0.15) is 10.6 Å². The summed E-state index contributed by atoms with van der Waals surface area (Å²) in [5.41, 5.74) is 3.53. The second-order valence-electron chi connectivity index (χ2n) is 7.16. The van der Waals surface area contributed by atoms with Gasteiger partial charge in [-0.3, -0.25) is 9.59 Å². The number of esters is 1. The third kappa shape index (κ3) is 6.24. The number of rotatable bonds is 7. The first kappa shape index (κ1) is 24.8. The Morgan fingerprint density at radius 2 is 1.71 bits per heavy atom. The van der Waals surface area contributed by atoms with E-state index in [-0.39, 0.29) is 12.5 Å². The summed E-state index contributed by atoms with van der Waals surface area (Å²) in [5, 5.41) is 7.63. The lowest BCUT2D eigenvalue weighted by Crippen LogP contribution is -2.35. The monoisotopic (exact) mass is 617 g/mol. The molecule has 4 aromatic rings. The average Bonchev–Trinajstić information content (AvgIpc) is 3.20. The molecule has 0 aliphatic carbocycles. The summed E-state index contributed by atoms with van der Waals surface area (Å²) in [7, 11) is 0. The molecular formula is C25H17ClIN3O4S. The number of hydrazone groups is 1. The van der Waals surface area contributed by atoms with Crippen LogP contribution in [0.1, 0.15) is 25.6 Å². The van der Waals surface area contributed by atoms with Crippen LogP contribution in [-0.2, 0) is 4.79 Å². The second-order valence-corrected chi connectivity index (χ2v) is 9.75. The summed E-state index contributed by atoms with van der Waals surface area (Å²) in [6, 6.07) is 21.2. The highest BCUT2D eigenvalue weighted by Gasteiger charge is 2.19. The molecule has 7 nitrogen and oxygen atoms in total. The molecule has 1 aromatic heterocycles. The van der Waals surface area contributed by atoms with E-state index in [0.717, 1.165) is 13.7 Å². The Labute approximate surface area is 223 Å². The van der Waals surface area contributed by atoms with Crippen LogP contribution in [0.25, 0.3) is 10.1 Å². The van der Waals surface area contributed by atoms with Gasteiger partial charge in [-0.15, -0.1) is 11.3 Å². The van der Waals surface area contributed by atoms with Gasteiger partial charge in [0.2, 0.25) is 0 Å². The smallest absolute Gasteiger partial charge is 0.355 e. The number of ether oxygens (including phenoxy) is 1. The molecule has 2 N–H and O–H groups in total. The number of hydrogen-bond acceptors (Lipinski definition) is 6. The highest BCUT2D eigenvalue weighted by molar-refractivity contribution is 14.1. The van der Waals surface area contributed by atoms with E-state index < -0.39 is 11.9 Å². The normalized spacial score (nSPS) is 10.9. The van der Waals surface area contributed by atoms with Gasteiger partial charge in [0.05, 0.1) is 23.3 Å². The molecule has 10 heteroatoms. The first-order valence-electron chi connectivity index (χ1n) is 10.3. The lowest BCUT2D eigenvalue weighted by atomic mass is 10.2. The fraction of sp³-hybridized carbons (Fsp3) is 0.0400. The van der Waals surface area contributed by atoms with Crippen LogP contribution in [0, 0.1) is 3.57 Å². The minimum absolute atomic E-state index is 0.212. The molecule has 0 radical (unpaired) electrons. The molecule has 0 saturated heterocycles. The zero-order chi connectivity index (χ0) is 24.8. The summed E-state index contributed by atoms with van der Waals surface area (Å²) < 4.78 is 7.14. The summed E-state index contributed by atoms with van der Waals surface area (Å²) >= 11 is 9.68. The molecule has 0 spiro atoms. The molecule has 4 rings (SSSR count). The molecule has 2 amide bonds. The molecule has 35 heavy (non-hydrogen) atoms. The highest BCUT2D eigenvalue weighted by atomic mass is 127. The summed E-state index contributed by atoms with van der Waals surface area (Å²) in [4.78, 5) is 37.0. The van der Waals surface area contributed by atoms with Crippen LogP contribution in [0.3, 0.4) is 0 Å². The summed E-state index contributed by atoms with van der Waals surface area (Å²) in [6.45, 7) is -0.212. The molecular weight excluding hydrogens is 601 g/mol. The fourth-order valence-electron chi connectivity index (χ4n) is 3.04. The number of amides is 2. The van der Waals surface area contributed by atoms with Crippen molar-refractivity contribution in [1.82, 2.24) is 10.7 Å². The van der Waals surface area contributed by atoms with Gasteiger partial charge in [0.15, 0.2) is 0 Å². The SMILES string of the molecule is O=C(CNC(=O)c1ccccc1I)N/N=C/c1ccc(OC(=O)c2sc3ccccc3c2Cl)cc1. The average molecular weight is 618 g/mol. The molecule has 0 atom stereocenters. The second kappa shape index (κ2) is 11.4. The van der Waals surface area contributed by atoms with Gasteiger partial charge < -0.3 is 10.1 Å². The predicted octanol–water partition coefficient (Wildman–Crippen LogP) is 5.26. The molecule has 0 aliphatic heterocycles. The van der Waals surface area contributed by atoms with Crippen molar-refractivity contribution in [2.45, 2.75) is 0 Å². The Hall–Kier alpha value is -3.28. The maximum Gasteiger partial charge on any atom is 0.355 e. The zero-order valence-electron chi connectivity index (χ0n) is 18.0. The van der Waals surface area contributed by atoms with Crippen molar-refractivity contribution in [2.75, 3.05) is 6.54 Å². The van der Waals surface area contributed by atoms with Crippen LogP contribution >= 0.6 is 45.5 Å². The molecule has 0 unspecified atom stereocenters. The third-order valence-electron chi connectivity index (χ3n) is 4.74. The van der Waals surface area contributed by atoms with E-state index in [2.05, 4.69) is 38.4 Å². The Morgan fingerprint density at radius 3 is 2.46 bits per heavy atom. The predicted molar refractivity (Wildman–Crippen MR) is 145 cm³/mol. The number of carbonyl (C=O) groups is 3. The van der Waals surface area contributed by atoms with Gasteiger partial charge in [0, 0.05) is 13.7 Å². The number of benzene rings is 3. The van der Waals surface area contributed by atoms with Crippen LogP contribution < -0.4 is 15.5 Å². The van der Waals surface area contributed by atoms with Gasteiger partial charge >= 0.3 is 5.97 Å². The van der Waals surface area contributed by atoms with E-state index in [9.17, 15) is 14.4 Å². The number of thiophene rings is 1. The molecule has 0 aliphatic rings. The Morgan fingerprint density at radius 1 is 1.00 bits per heavy atom. The van der Waals surface area contributed by atoms with Crippen LogP contribution in [0.2, 0.25) is 5.02 Å². The van der Waals surface area contributed by atoms with Gasteiger partial charge in [-0.25, -0.2) is 10.2 Å². The quantitative estimate of drug-likeness (QED) is 0.0973. The Bertz CT molecular complexity index is 1440.